The van der Waals surface area contributed by atoms with E-state index in [9.17, 15) is 5.11 Å². The lowest BCUT2D eigenvalue weighted by atomic mass is 10.1. The molecule has 1 rings (SSSR count). The topological polar surface area (TPSA) is 84.6 Å². The van der Waals surface area contributed by atoms with Crippen LogP contribution in [0.15, 0.2) is 27.7 Å². The Balaban J connectivity index is 3.05. The highest BCUT2D eigenvalue weighted by molar-refractivity contribution is 9.10. The molecule has 0 fully saturated rings. The highest BCUT2D eigenvalue weighted by Crippen LogP contribution is 2.28. The third-order valence-corrected chi connectivity index (χ3v) is 2.49. The molecule has 0 heterocycles. The van der Waals surface area contributed by atoms with Crippen molar-refractivity contribution in [3.8, 4) is 5.75 Å². The zero-order valence-electron chi connectivity index (χ0n) is 7.74. The van der Waals surface area contributed by atoms with E-state index in [0.717, 1.165) is 10.0 Å². The van der Waals surface area contributed by atoms with E-state index >= 15 is 0 Å². The van der Waals surface area contributed by atoms with Crippen molar-refractivity contribution in [2.75, 3.05) is 0 Å². The van der Waals surface area contributed by atoms with Crippen molar-refractivity contribution in [3.05, 3.63) is 28.2 Å². The van der Waals surface area contributed by atoms with Crippen LogP contribution < -0.4 is 11.5 Å². The number of phenols is 1. The van der Waals surface area contributed by atoms with Gasteiger partial charge in [0, 0.05) is 4.47 Å². The third-order valence-electron chi connectivity index (χ3n) is 1.77. The number of nitrogens with two attached hydrogens (primary N) is 2. The number of rotatable bonds is 2. The number of phenolic OH excluding ortho intramolecular Hbond substituents is 1. The second-order valence-electron chi connectivity index (χ2n) is 2.94. The summed E-state index contributed by atoms with van der Waals surface area (Å²) in [6.07, 6.45) is 0. The largest absolute Gasteiger partial charge is 0.508 e. The SMILES string of the molecule is C[C@H](N=C(N)N)c1cc(O)ccc1Br. The predicted molar refractivity (Wildman–Crippen MR) is 60.0 cm³/mol. The number of aromatic hydroxyl groups is 1. The van der Waals surface area contributed by atoms with Crippen LogP contribution in [0.25, 0.3) is 0 Å². The van der Waals surface area contributed by atoms with Gasteiger partial charge in [-0.3, -0.25) is 0 Å². The number of halogens is 1. The number of hydrogen-bond acceptors (Lipinski definition) is 2. The lowest BCUT2D eigenvalue weighted by molar-refractivity contribution is 0.474. The minimum Gasteiger partial charge on any atom is -0.508 e. The van der Waals surface area contributed by atoms with Crippen molar-refractivity contribution in [2.45, 2.75) is 13.0 Å². The summed E-state index contributed by atoms with van der Waals surface area (Å²) < 4.78 is 0.868. The molecule has 5 N–H and O–H groups in total. The molecule has 0 saturated carbocycles. The van der Waals surface area contributed by atoms with Gasteiger partial charge in [0.15, 0.2) is 5.96 Å². The average Bonchev–Trinajstić information content (AvgIpc) is 2.08. The highest BCUT2D eigenvalue weighted by atomic mass is 79.9. The van der Waals surface area contributed by atoms with E-state index in [-0.39, 0.29) is 17.8 Å². The average molecular weight is 258 g/mol. The molecule has 1 atom stereocenters. The first kappa shape index (κ1) is 10.8. The molecule has 0 aliphatic heterocycles. The van der Waals surface area contributed by atoms with Gasteiger partial charge in [-0.05, 0) is 30.7 Å². The standard InChI is InChI=1S/C9H12BrN3O/c1-5(13-9(11)12)7-4-6(14)2-3-8(7)10/h2-5,14H,1H3,(H4,11,12,13)/t5-/m0/s1. The van der Waals surface area contributed by atoms with E-state index < -0.39 is 0 Å². The lowest BCUT2D eigenvalue weighted by Gasteiger charge is -2.09. The summed E-state index contributed by atoms with van der Waals surface area (Å²) in [6.45, 7) is 1.85. The molecule has 0 unspecified atom stereocenters. The highest BCUT2D eigenvalue weighted by Gasteiger charge is 2.08. The van der Waals surface area contributed by atoms with Gasteiger partial charge >= 0.3 is 0 Å². The molecule has 0 radical (unpaired) electrons. The van der Waals surface area contributed by atoms with E-state index in [0.29, 0.717) is 0 Å². The third kappa shape index (κ3) is 2.63. The first-order chi connectivity index (χ1) is 6.50. The Hall–Kier alpha value is -1.23. The molecule has 14 heavy (non-hydrogen) atoms. The Bertz CT molecular complexity index is 361. The summed E-state index contributed by atoms with van der Waals surface area (Å²) in [6, 6.07) is 4.79. The normalized spacial score (nSPS) is 12.1. The molecular weight excluding hydrogens is 246 g/mol. The molecule has 0 amide bonds. The van der Waals surface area contributed by atoms with Crippen molar-refractivity contribution in [2.24, 2.45) is 16.5 Å². The molecule has 4 nitrogen and oxygen atoms in total. The fourth-order valence-corrected chi connectivity index (χ4v) is 1.72. The summed E-state index contributed by atoms with van der Waals surface area (Å²) >= 11 is 3.36. The van der Waals surface area contributed by atoms with Crippen molar-refractivity contribution >= 4 is 21.9 Å². The maximum absolute atomic E-state index is 9.29. The van der Waals surface area contributed by atoms with Gasteiger partial charge in [-0.15, -0.1) is 0 Å². The van der Waals surface area contributed by atoms with Gasteiger partial charge in [0.25, 0.3) is 0 Å². The van der Waals surface area contributed by atoms with Gasteiger partial charge in [-0.2, -0.15) is 0 Å². The zero-order chi connectivity index (χ0) is 10.7. The monoisotopic (exact) mass is 257 g/mol. The van der Waals surface area contributed by atoms with Gasteiger partial charge < -0.3 is 16.6 Å². The van der Waals surface area contributed by atoms with E-state index in [2.05, 4.69) is 20.9 Å². The maximum atomic E-state index is 9.29. The van der Waals surface area contributed by atoms with Gasteiger partial charge in [0.1, 0.15) is 5.75 Å². The van der Waals surface area contributed by atoms with Crippen LogP contribution in [0.2, 0.25) is 0 Å². The van der Waals surface area contributed by atoms with Crippen LogP contribution in [0, 0.1) is 0 Å². The summed E-state index contributed by atoms with van der Waals surface area (Å²) in [7, 11) is 0. The Kier molecular flexibility index (Phi) is 3.35. The van der Waals surface area contributed by atoms with Crippen LogP contribution in [0.5, 0.6) is 5.75 Å². The van der Waals surface area contributed by atoms with E-state index in [1.165, 1.54) is 0 Å². The minimum absolute atomic E-state index is 0.0349. The van der Waals surface area contributed by atoms with Crippen molar-refractivity contribution in [1.29, 1.82) is 0 Å². The van der Waals surface area contributed by atoms with E-state index in [1.807, 2.05) is 6.92 Å². The van der Waals surface area contributed by atoms with E-state index in [4.69, 9.17) is 11.5 Å². The fourth-order valence-electron chi connectivity index (χ4n) is 1.14. The smallest absolute Gasteiger partial charge is 0.186 e. The van der Waals surface area contributed by atoms with E-state index in [1.54, 1.807) is 18.2 Å². The summed E-state index contributed by atoms with van der Waals surface area (Å²) in [5.74, 6) is 0.230. The van der Waals surface area contributed by atoms with Crippen molar-refractivity contribution < 1.29 is 5.11 Å². The molecule has 0 bridgehead atoms. The zero-order valence-corrected chi connectivity index (χ0v) is 9.32. The van der Waals surface area contributed by atoms with Crippen molar-refractivity contribution in [3.63, 3.8) is 0 Å². The van der Waals surface area contributed by atoms with Crippen LogP contribution in [-0.2, 0) is 0 Å². The van der Waals surface area contributed by atoms with Crippen LogP contribution in [0.1, 0.15) is 18.5 Å². The van der Waals surface area contributed by atoms with Gasteiger partial charge in [-0.1, -0.05) is 15.9 Å². The number of benzene rings is 1. The first-order valence-electron chi connectivity index (χ1n) is 4.08. The minimum atomic E-state index is -0.179. The van der Waals surface area contributed by atoms with Crippen molar-refractivity contribution in [1.82, 2.24) is 0 Å². The van der Waals surface area contributed by atoms with Crippen LogP contribution >= 0.6 is 15.9 Å². The molecule has 5 heteroatoms. The van der Waals surface area contributed by atoms with Gasteiger partial charge in [0.2, 0.25) is 0 Å². The molecule has 0 spiro atoms. The summed E-state index contributed by atoms with van der Waals surface area (Å²) in [5, 5.41) is 9.29. The molecular formula is C9H12BrN3O. The quantitative estimate of drug-likeness (QED) is 0.555. The number of guanidine groups is 1. The van der Waals surface area contributed by atoms with Crippen LogP contribution in [0.3, 0.4) is 0 Å². The Morgan fingerprint density at radius 1 is 1.50 bits per heavy atom. The van der Waals surface area contributed by atoms with Gasteiger partial charge in [0.05, 0.1) is 6.04 Å². The van der Waals surface area contributed by atoms with Gasteiger partial charge in [-0.25, -0.2) is 4.99 Å². The maximum Gasteiger partial charge on any atom is 0.186 e. The summed E-state index contributed by atoms with van der Waals surface area (Å²) in [4.78, 5) is 3.98. The number of aliphatic imine (C=N–C) groups is 1. The molecule has 0 aliphatic rings. The molecule has 0 aromatic heterocycles. The van der Waals surface area contributed by atoms with Crippen LogP contribution in [-0.4, -0.2) is 11.1 Å². The number of hydrogen-bond donors (Lipinski definition) is 3. The lowest BCUT2D eigenvalue weighted by Crippen LogP contribution is -2.23. The first-order valence-corrected chi connectivity index (χ1v) is 4.87. The predicted octanol–water partition coefficient (Wildman–Crippen LogP) is 1.49. The Morgan fingerprint density at radius 2 is 2.14 bits per heavy atom. The Labute approximate surface area is 90.8 Å². The Morgan fingerprint density at radius 3 is 2.71 bits per heavy atom. The molecule has 0 saturated heterocycles. The molecule has 76 valence electrons. The summed E-state index contributed by atoms with van der Waals surface area (Å²) in [5.41, 5.74) is 11.4. The molecule has 0 aliphatic carbocycles. The second kappa shape index (κ2) is 4.32. The fraction of sp³-hybridized carbons (Fsp3) is 0.222. The molecule has 1 aromatic carbocycles. The second-order valence-corrected chi connectivity index (χ2v) is 3.79. The number of nitrogens with zero attached hydrogens (tertiary/aromatic N) is 1. The molecule has 1 aromatic rings. The van der Waals surface area contributed by atoms with Crippen LogP contribution in [0.4, 0.5) is 0 Å².